The molecule has 1 saturated carbocycles. The van der Waals surface area contributed by atoms with Crippen molar-refractivity contribution in [1.82, 2.24) is 0 Å². The Labute approximate surface area is 123 Å². The van der Waals surface area contributed by atoms with Gasteiger partial charge in [0.05, 0.1) is 6.26 Å². The van der Waals surface area contributed by atoms with Crippen molar-refractivity contribution in [2.24, 2.45) is 0 Å². The Morgan fingerprint density at radius 2 is 1.81 bits per heavy atom. The molecule has 1 aliphatic carbocycles. The minimum atomic E-state index is -1.16. The summed E-state index contributed by atoms with van der Waals surface area (Å²) in [5, 5.41) is 19.9. The topological polar surface area (TPSA) is 70.7 Å². The van der Waals surface area contributed by atoms with Gasteiger partial charge in [0.25, 0.3) is 0 Å². The molecule has 3 rings (SSSR count). The first-order valence-corrected chi connectivity index (χ1v) is 7.19. The van der Waals surface area contributed by atoms with Crippen LogP contribution >= 0.6 is 0 Å². The standard InChI is InChI=1S/C17H18O4/c18-16(19)14-8-11-21-15(14)17(20)9-6-13(7-10-17)12-4-2-1-3-5-12/h1-5,8,11,13,20H,6-7,9-10H2,(H,18,19). The van der Waals surface area contributed by atoms with Gasteiger partial charge in [-0.15, -0.1) is 0 Å². The quantitative estimate of drug-likeness (QED) is 0.905. The number of benzene rings is 1. The third kappa shape index (κ3) is 2.59. The Morgan fingerprint density at radius 3 is 2.43 bits per heavy atom. The highest BCUT2D eigenvalue weighted by molar-refractivity contribution is 5.89. The maximum atomic E-state index is 11.2. The van der Waals surface area contributed by atoms with Gasteiger partial charge in [0, 0.05) is 0 Å². The van der Waals surface area contributed by atoms with Crippen LogP contribution in [0, 0.1) is 0 Å². The molecule has 0 radical (unpaired) electrons. The normalized spacial score (nSPS) is 25.7. The summed E-state index contributed by atoms with van der Waals surface area (Å²) in [7, 11) is 0. The zero-order chi connectivity index (χ0) is 14.9. The lowest BCUT2D eigenvalue weighted by Gasteiger charge is -2.35. The lowest BCUT2D eigenvalue weighted by Crippen LogP contribution is -2.32. The van der Waals surface area contributed by atoms with E-state index in [0.29, 0.717) is 18.8 Å². The second kappa shape index (κ2) is 5.37. The summed E-state index contributed by atoms with van der Waals surface area (Å²) in [5.41, 5.74) is 0.177. The molecule has 1 aromatic heterocycles. The molecule has 0 amide bonds. The molecule has 1 heterocycles. The van der Waals surface area contributed by atoms with Crippen molar-refractivity contribution in [3.05, 3.63) is 59.5 Å². The van der Waals surface area contributed by atoms with Gasteiger partial charge in [-0.1, -0.05) is 30.3 Å². The van der Waals surface area contributed by atoms with E-state index < -0.39 is 11.6 Å². The molecule has 1 aromatic carbocycles. The Hall–Kier alpha value is -2.07. The molecule has 4 nitrogen and oxygen atoms in total. The molecule has 1 aliphatic rings. The van der Waals surface area contributed by atoms with Gasteiger partial charge in [-0.05, 0) is 43.2 Å². The van der Waals surface area contributed by atoms with Gasteiger partial charge in [0.15, 0.2) is 0 Å². The van der Waals surface area contributed by atoms with Crippen LogP contribution in [-0.2, 0) is 5.60 Å². The van der Waals surface area contributed by atoms with E-state index in [1.165, 1.54) is 17.9 Å². The molecule has 0 spiro atoms. The maximum absolute atomic E-state index is 11.2. The number of aliphatic hydroxyl groups is 1. The largest absolute Gasteiger partial charge is 0.478 e. The van der Waals surface area contributed by atoms with E-state index in [1.54, 1.807) is 0 Å². The number of carbonyl (C=O) groups is 1. The first kappa shape index (κ1) is 13.9. The highest BCUT2D eigenvalue weighted by Gasteiger charge is 2.40. The van der Waals surface area contributed by atoms with E-state index in [0.717, 1.165) is 12.8 Å². The number of rotatable bonds is 3. The van der Waals surface area contributed by atoms with Crippen molar-refractivity contribution in [2.75, 3.05) is 0 Å². The van der Waals surface area contributed by atoms with E-state index in [2.05, 4.69) is 12.1 Å². The Bertz CT molecular complexity index is 621. The van der Waals surface area contributed by atoms with Crippen molar-refractivity contribution >= 4 is 5.97 Å². The number of furan rings is 1. The summed E-state index contributed by atoms with van der Waals surface area (Å²) < 4.78 is 5.28. The van der Waals surface area contributed by atoms with Gasteiger partial charge in [0.1, 0.15) is 16.9 Å². The summed E-state index contributed by atoms with van der Waals surface area (Å²) in [5.74, 6) is -0.450. The second-order valence-corrected chi connectivity index (χ2v) is 5.69. The van der Waals surface area contributed by atoms with Gasteiger partial charge in [0.2, 0.25) is 0 Å². The third-order valence-electron chi connectivity index (χ3n) is 4.40. The molecule has 1 fully saturated rings. The fourth-order valence-corrected chi connectivity index (χ4v) is 3.22. The summed E-state index contributed by atoms with van der Waals surface area (Å²) in [6.07, 6.45) is 4.00. The summed E-state index contributed by atoms with van der Waals surface area (Å²) in [4.78, 5) is 11.2. The van der Waals surface area contributed by atoms with Gasteiger partial charge in [-0.3, -0.25) is 0 Å². The minimum absolute atomic E-state index is 0.0654. The maximum Gasteiger partial charge on any atom is 0.339 e. The number of hydrogen-bond acceptors (Lipinski definition) is 3. The van der Waals surface area contributed by atoms with Gasteiger partial charge in [-0.25, -0.2) is 4.79 Å². The number of carboxylic acid groups (broad SMARTS) is 1. The predicted octanol–water partition coefficient (Wildman–Crippen LogP) is 3.52. The first-order valence-electron chi connectivity index (χ1n) is 7.19. The molecule has 0 atom stereocenters. The van der Waals surface area contributed by atoms with Crippen LogP contribution in [0.3, 0.4) is 0 Å². The van der Waals surface area contributed by atoms with E-state index in [4.69, 9.17) is 9.52 Å². The van der Waals surface area contributed by atoms with E-state index >= 15 is 0 Å². The molecule has 0 unspecified atom stereocenters. The highest BCUT2D eigenvalue weighted by Crippen LogP contribution is 2.44. The smallest absolute Gasteiger partial charge is 0.339 e. The fraction of sp³-hybridized carbons (Fsp3) is 0.353. The summed E-state index contributed by atoms with van der Waals surface area (Å²) in [6.45, 7) is 0. The van der Waals surface area contributed by atoms with Crippen LogP contribution in [0.2, 0.25) is 0 Å². The van der Waals surface area contributed by atoms with E-state index in [9.17, 15) is 9.90 Å². The molecule has 0 aliphatic heterocycles. The van der Waals surface area contributed by atoms with Crippen molar-refractivity contribution < 1.29 is 19.4 Å². The zero-order valence-corrected chi connectivity index (χ0v) is 11.7. The van der Waals surface area contributed by atoms with E-state index in [-0.39, 0.29) is 11.3 Å². The zero-order valence-electron chi connectivity index (χ0n) is 11.7. The number of hydrogen-bond donors (Lipinski definition) is 2. The molecule has 4 heteroatoms. The lowest BCUT2D eigenvalue weighted by molar-refractivity contribution is -0.0255. The Kier molecular flexibility index (Phi) is 3.55. The molecule has 2 N–H and O–H groups in total. The lowest BCUT2D eigenvalue weighted by atomic mass is 9.74. The molecule has 0 bridgehead atoms. The van der Waals surface area contributed by atoms with Gasteiger partial charge in [-0.2, -0.15) is 0 Å². The Balaban J connectivity index is 1.78. The average molecular weight is 286 g/mol. The molecule has 110 valence electrons. The van der Waals surface area contributed by atoms with Crippen molar-refractivity contribution in [1.29, 1.82) is 0 Å². The predicted molar refractivity (Wildman–Crippen MR) is 77.2 cm³/mol. The molecular weight excluding hydrogens is 268 g/mol. The fourth-order valence-electron chi connectivity index (χ4n) is 3.22. The average Bonchev–Trinajstić information content (AvgIpc) is 2.99. The molecule has 0 saturated heterocycles. The first-order chi connectivity index (χ1) is 10.1. The minimum Gasteiger partial charge on any atom is -0.478 e. The molecule has 21 heavy (non-hydrogen) atoms. The number of aromatic carboxylic acids is 1. The van der Waals surface area contributed by atoms with Crippen molar-refractivity contribution in [2.45, 2.75) is 37.2 Å². The van der Waals surface area contributed by atoms with Crippen molar-refractivity contribution in [3.63, 3.8) is 0 Å². The second-order valence-electron chi connectivity index (χ2n) is 5.69. The van der Waals surface area contributed by atoms with Gasteiger partial charge >= 0.3 is 5.97 Å². The van der Waals surface area contributed by atoms with Crippen LogP contribution < -0.4 is 0 Å². The van der Waals surface area contributed by atoms with Crippen LogP contribution in [0.15, 0.2) is 47.1 Å². The van der Waals surface area contributed by atoms with Crippen LogP contribution in [0.1, 0.15) is 53.3 Å². The van der Waals surface area contributed by atoms with Crippen molar-refractivity contribution in [3.8, 4) is 0 Å². The van der Waals surface area contributed by atoms with Gasteiger partial charge < -0.3 is 14.6 Å². The number of carboxylic acids is 1. The summed E-state index contributed by atoms with van der Waals surface area (Å²) in [6, 6.07) is 11.6. The van der Waals surface area contributed by atoms with Crippen LogP contribution in [-0.4, -0.2) is 16.2 Å². The SMILES string of the molecule is O=C(O)c1ccoc1C1(O)CCC(c2ccccc2)CC1. The van der Waals surface area contributed by atoms with Crippen LogP contribution in [0.25, 0.3) is 0 Å². The third-order valence-corrected chi connectivity index (χ3v) is 4.40. The summed E-state index contributed by atoms with van der Waals surface area (Å²) >= 11 is 0. The van der Waals surface area contributed by atoms with E-state index in [1.807, 2.05) is 18.2 Å². The van der Waals surface area contributed by atoms with Crippen LogP contribution in [0.5, 0.6) is 0 Å². The Morgan fingerprint density at radius 1 is 1.14 bits per heavy atom. The molecule has 2 aromatic rings. The van der Waals surface area contributed by atoms with Crippen LogP contribution in [0.4, 0.5) is 0 Å². The highest BCUT2D eigenvalue weighted by atomic mass is 16.4. The molecular formula is C17H18O4. The monoisotopic (exact) mass is 286 g/mol.